The van der Waals surface area contributed by atoms with Gasteiger partial charge in [-0.05, 0) is 37.6 Å². The van der Waals surface area contributed by atoms with Gasteiger partial charge in [0.25, 0.3) is 0 Å². The lowest BCUT2D eigenvalue weighted by atomic mass is 10.1. The maximum Gasteiger partial charge on any atom is 0.247 e. The third-order valence-electron chi connectivity index (χ3n) is 4.70. The van der Waals surface area contributed by atoms with Crippen LogP contribution in [0.4, 0.5) is 5.82 Å². The number of hydrogen-bond donors (Lipinski definition) is 1. The standard InChI is InChI=1S/C21H26N4O3/c26-20(22-19-11-16-28-23-19)17-25(15-14-24-12-5-2-6-13-24)21(27)10-9-18-7-3-1-4-8-18/h1,3-4,7-11,16H,2,5-6,12-15,17H2,(H,22,23,26)/b10-9+. The van der Waals surface area contributed by atoms with Crippen molar-refractivity contribution in [3.05, 3.63) is 54.3 Å². The van der Waals surface area contributed by atoms with Crippen LogP contribution < -0.4 is 5.32 Å². The first-order chi connectivity index (χ1) is 13.7. The van der Waals surface area contributed by atoms with Crippen LogP contribution >= 0.6 is 0 Å². The SMILES string of the molecule is O=C(CN(CCN1CCCCC1)C(=O)/C=C/c1ccccc1)Nc1ccon1. The van der Waals surface area contributed by atoms with E-state index in [2.05, 4.69) is 15.4 Å². The zero-order chi connectivity index (χ0) is 19.6. The van der Waals surface area contributed by atoms with Crippen molar-refractivity contribution in [2.24, 2.45) is 0 Å². The van der Waals surface area contributed by atoms with Crippen LogP contribution in [0.3, 0.4) is 0 Å². The molecule has 2 amide bonds. The average Bonchev–Trinajstić information content (AvgIpc) is 3.23. The average molecular weight is 382 g/mol. The zero-order valence-corrected chi connectivity index (χ0v) is 15.9. The van der Waals surface area contributed by atoms with Crippen LogP contribution in [-0.2, 0) is 9.59 Å². The molecule has 1 aliphatic heterocycles. The summed E-state index contributed by atoms with van der Waals surface area (Å²) in [5.41, 5.74) is 0.943. The number of carbonyl (C=O) groups is 2. The molecule has 0 aliphatic carbocycles. The number of carbonyl (C=O) groups excluding carboxylic acids is 2. The second kappa shape index (κ2) is 10.4. The van der Waals surface area contributed by atoms with Gasteiger partial charge in [0.15, 0.2) is 5.82 Å². The van der Waals surface area contributed by atoms with E-state index in [-0.39, 0.29) is 18.4 Å². The molecule has 0 bridgehead atoms. The molecule has 0 spiro atoms. The van der Waals surface area contributed by atoms with Gasteiger partial charge >= 0.3 is 0 Å². The molecular formula is C21H26N4O3. The van der Waals surface area contributed by atoms with Crippen molar-refractivity contribution < 1.29 is 14.1 Å². The Bertz CT molecular complexity index is 768. The van der Waals surface area contributed by atoms with Gasteiger partial charge < -0.3 is 19.6 Å². The van der Waals surface area contributed by atoms with Gasteiger partial charge in [-0.2, -0.15) is 0 Å². The molecule has 1 saturated heterocycles. The van der Waals surface area contributed by atoms with Crippen LogP contribution in [-0.4, -0.2) is 59.5 Å². The number of rotatable bonds is 8. The molecule has 7 nitrogen and oxygen atoms in total. The summed E-state index contributed by atoms with van der Waals surface area (Å²) in [6, 6.07) is 11.2. The van der Waals surface area contributed by atoms with E-state index in [9.17, 15) is 9.59 Å². The fourth-order valence-electron chi connectivity index (χ4n) is 3.18. The predicted molar refractivity (Wildman–Crippen MR) is 107 cm³/mol. The van der Waals surface area contributed by atoms with Crippen LogP contribution in [0.2, 0.25) is 0 Å². The van der Waals surface area contributed by atoms with E-state index in [1.54, 1.807) is 17.0 Å². The van der Waals surface area contributed by atoms with Crippen molar-refractivity contribution >= 4 is 23.7 Å². The van der Waals surface area contributed by atoms with Crippen molar-refractivity contribution in [3.63, 3.8) is 0 Å². The molecule has 0 saturated carbocycles. The lowest BCUT2D eigenvalue weighted by Gasteiger charge is -2.29. The van der Waals surface area contributed by atoms with E-state index >= 15 is 0 Å². The van der Waals surface area contributed by atoms with E-state index in [1.807, 2.05) is 30.3 Å². The Morgan fingerprint density at radius 2 is 1.93 bits per heavy atom. The van der Waals surface area contributed by atoms with Crippen LogP contribution in [0.25, 0.3) is 6.08 Å². The van der Waals surface area contributed by atoms with Crippen LogP contribution in [0.5, 0.6) is 0 Å². The maximum absolute atomic E-state index is 12.7. The number of piperidine rings is 1. The van der Waals surface area contributed by atoms with Gasteiger partial charge in [0.2, 0.25) is 11.8 Å². The number of nitrogens with one attached hydrogen (secondary N) is 1. The predicted octanol–water partition coefficient (Wildman–Crippen LogP) is 2.64. The van der Waals surface area contributed by atoms with Gasteiger partial charge in [-0.1, -0.05) is 41.9 Å². The smallest absolute Gasteiger partial charge is 0.247 e. The molecule has 2 heterocycles. The number of aromatic nitrogens is 1. The molecule has 148 valence electrons. The fraction of sp³-hybridized carbons (Fsp3) is 0.381. The second-order valence-electron chi connectivity index (χ2n) is 6.84. The highest BCUT2D eigenvalue weighted by Crippen LogP contribution is 2.09. The Hall–Kier alpha value is -2.93. The number of hydrogen-bond acceptors (Lipinski definition) is 5. The number of amides is 2. The molecule has 1 fully saturated rings. The molecule has 0 atom stereocenters. The van der Waals surface area contributed by atoms with Crippen molar-refractivity contribution in [1.29, 1.82) is 0 Å². The molecule has 0 radical (unpaired) electrons. The third kappa shape index (κ3) is 6.35. The molecule has 1 N–H and O–H groups in total. The summed E-state index contributed by atoms with van der Waals surface area (Å²) in [5, 5.41) is 6.31. The Kier molecular flexibility index (Phi) is 7.37. The van der Waals surface area contributed by atoms with E-state index in [1.165, 1.54) is 31.6 Å². The molecule has 1 aromatic carbocycles. The topological polar surface area (TPSA) is 78.7 Å². The summed E-state index contributed by atoms with van der Waals surface area (Å²) >= 11 is 0. The van der Waals surface area contributed by atoms with Gasteiger partial charge in [-0.25, -0.2) is 0 Å². The van der Waals surface area contributed by atoms with Crippen molar-refractivity contribution in [2.75, 3.05) is 38.0 Å². The first kappa shape index (κ1) is 19.8. The number of anilines is 1. The molecule has 0 unspecified atom stereocenters. The minimum absolute atomic E-state index is 0.0291. The van der Waals surface area contributed by atoms with Crippen LogP contribution in [0.15, 0.2) is 53.3 Å². The highest BCUT2D eigenvalue weighted by atomic mass is 16.5. The molecule has 3 rings (SSSR count). The Morgan fingerprint density at radius 1 is 1.14 bits per heavy atom. The highest BCUT2D eigenvalue weighted by Gasteiger charge is 2.18. The van der Waals surface area contributed by atoms with Gasteiger partial charge in [0.1, 0.15) is 12.8 Å². The molecule has 28 heavy (non-hydrogen) atoms. The lowest BCUT2D eigenvalue weighted by molar-refractivity contribution is -0.130. The molecule has 1 aromatic heterocycles. The van der Waals surface area contributed by atoms with Gasteiger partial charge in [0, 0.05) is 25.2 Å². The lowest BCUT2D eigenvalue weighted by Crippen LogP contribution is -2.43. The number of benzene rings is 1. The van der Waals surface area contributed by atoms with Crippen LogP contribution in [0, 0.1) is 0 Å². The van der Waals surface area contributed by atoms with E-state index in [0.717, 1.165) is 25.2 Å². The van der Waals surface area contributed by atoms with Gasteiger partial charge in [-0.3, -0.25) is 9.59 Å². The second-order valence-corrected chi connectivity index (χ2v) is 6.84. The summed E-state index contributed by atoms with van der Waals surface area (Å²) in [5.74, 6) is -0.140. The van der Waals surface area contributed by atoms with Crippen LogP contribution in [0.1, 0.15) is 24.8 Å². The highest BCUT2D eigenvalue weighted by molar-refractivity contribution is 5.97. The van der Waals surface area contributed by atoms with Crippen molar-refractivity contribution in [3.8, 4) is 0 Å². The first-order valence-corrected chi connectivity index (χ1v) is 9.65. The quantitative estimate of drug-likeness (QED) is 0.710. The molecule has 1 aliphatic rings. The number of nitrogens with zero attached hydrogens (tertiary/aromatic N) is 3. The van der Waals surface area contributed by atoms with Crippen molar-refractivity contribution in [2.45, 2.75) is 19.3 Å². The molecular weight excluding hydrogens is 356 g/mol. The fourth-order valence-corrected chi connectivity index (χ4v) is 3.18. The summed E-state index contributed by atoms with van der Waals surface area (Å²) in [7, 11) is 0. The summed E-state index contributed by atoms with van der Waals surface area (Å²) < 4.78 is 4.72. The van der Waals surface area contributed by atoms with E-state index in [0.29, 0.717) is 12.4 Å². The Balaban J connectivity index is 1.61. The minimum atomic E-state index is -0.297. The summed E-state index contributed by atoms with van der Waals surface area (Å²) in [6.07, 6.45) is 8.32. The maximum atomic E-state index is 12.7. The third-order valence-corrected chi connectivity index (χ3v) is 4.70. The zero-order valence-electron chi connectivity index (χ0n) is 15.9. The van der Waals surface area contributed by atoms with Crippen molar-refractivity contribution in [1.82, 2.24) is 15.0 Å². The Morgan fingerprint density at radius 3 is 2.64 bits per heavy atom. The number of likely N-dealkylation sites (tertiary alicyclic amines) is 1. The van der Waals surface area contributed by atoms with Gasteiger partial charge in [0.05, 0.1) is 0 Å². The van der Waals surface area contributed by atoms with Gasteiger partial charge in [-0.15, -0.1) is 0 Å². The molecule has 7 heteroatoms. The first-order valence-electron chi connectivity index (χ1n) is 9.65. The molecule has 2 aromatic rings. The minimum Gasteiger partial charge on any atom is -0.363 e. The Labute approximate surface area is 165 Å². The van der Waals surface area contributed by atoms with E-state index < -0.39 is 0 Å². The monoisotopic (exact) mass is 382 g/mol. The van der Waals surface area contributed by atoms with E-state index in [4.69, 9.17) is 4.52 Å². The largest absolute Gasteiger partial charge is 0.363 e. The summed E-state index contributed by atoms with van der Waals surface area (Å²) in [4.78, 5) is 29.0. The normalized spacial score (nSPS) is 14.9. The summed E-state index contributed by atoms with van der Waals surface area (Å²) in [6.45, 7) is 3.34.